The molecule has 2 bridgehead atoms. The highest BCUT2D eigenvalue weighted by atomic mass is 32.1. The maximum Gasteiger partial charge on any atom is 0.573 e. The van der Waals surface area contributed by atoms with E-state index in [4.69, 9.17) is 9.26 Å². The van der Waals surface area contributed by atoms with Crippen LogP contribution in [0.1, 0.15) is 66.1 Å². The van der Waals surface area contributed by atoms with Crippen molar-refractivity contribution in [2.75, 3.05) is 5.32 Å². The van der Waals surface area contributed by atoms with Crippen molar-refractivity contribution >= 4 is 32.7 Å². The number of aromatic nitrogens is 2. The Labute approximate surface area is 251 Å². The van der Waals surface area contributed by atoms with E-state index in [1.165, 1.54) is 18.2 Å². The number of carbonyl (C=O) groups is 1. The van der Waals surface area contributed by atoms with E-state index in [1.807, 2.05) is 0 Å². The van der Waals surface area contributed by atoms with Crippen molar-refractivity contribution in [3.63, 3.8) is 0 Å². The van der Waals surface area contributed by atoms with Crippen molar-refractivity contribution in [1.29, 1.82) is 0 Å². The van der Waals surface area contributed by atoms with E-state index in [0.29, 0.717) is 16.5 Å². The number of carboxylic acids is 1. The molecule has 4 atom stereocenters. The molecule has 3 aliphatic carbocycles. The molecule has 3 unspecified atom stereocenters. The van der Waals surface area contributed by atoms with Crippen LogP contribution in [-0.4, -0.2) is 39.7 Å². The first-order chi connectivity index (χ1) is 21.1. The number of para-hydroxylation sites is 1. The standard InChI is InChI=1S/C30H26F5N3O5S/c31-22-18(28(39)40)11-21-26(23(22)32)37-29(44-21)36-24-14-7-8-15(24)10-16(9-14)41-12-19-25(38-43-27(19)13-5-6-13)17-3-1-2-4-20(17)42-30(33,34)35/h1-4,11,13-16,24H,5-10,12H2,(H,36,37)(H,39,40)/t14-,15?,16?,24?/m0/s1. The number of aromatic carboxylic acids is 1. The Kier molecular flexibility index (Phi) is 7.23. The van der Waals surface area contributed by atoms with Crippen molar-refractivity contribution in [2.45, 2.75) is 69.6 Å². The third-order valence-electron chi connectivity index (χ3n) is 8.74. The maximum absolute atomic E-state index is 14.5. The first-order valence-electron chi connectivity index (χ1n) is 14.3. The number of benzene rings is 2. The van der Waals surface area contributed by atoms with Crippen LogP contribution in [-0.2, 0) is 11.3 Å². The summed E-state index contributed by atoms with van der Waals surface area (Å²) in [6.07, 6.45) is 0.157. The van der Waals surface area contributed by atoms with Gasteiger partial charge in [0, 0.05) is 23.1 Å². The summed E-state index contributed by atoms with van der Waals surface area (Å²) in [7, 11) is 0. The molecule has 3 aliphatic rings. The SMILES string of the molecule is O=C(O)c1cc2sc(NC3C4CC[C@H]3CC(OCc3c(-c5ccccc5OC(F)(F)F)noc3C3CC3)C4)nc2c(F)c1F. The summed E-state index contributed by atoms with van der Waals surface area (Å²) in [4.78, 5) is 15.5. The Morgan fingerprint density at radius 3 is 2.50 bits per heavy atom. The number of nitrogens with one attached hydrogen (secondary N) is 1. The number of carboxylic acid groups (broad SMARTS) is 1. The van der Waals surface area contributed by atoms with Crippen molar-refractivity contribution in [3.05, 3.63) is 58.9 Å². The highest BCUT2D eigenvalue weighted by Crippen LogP contribution is 2.48. The van der Waals surface area contributed by atoms with Crippen LogP contribution in [0.5, 0.6) is 5.75 Å². The van der Waals surface area contributed by atoms with E-state index < -0.39 is 29.5 Å². The van der Waals surface area contributed by atoms with Gasteiger partial charge in [-0.05, 0) is 68.6 Å². The smallest absolute Gasteiger partial charge is 0.478 e. The van der Waals surface area contributed by atoms with Crippen LogP contribution in [0.4, 0.5) is 27.1 Å². The number of nitrogens with zero attached hydrogens (tertiary/aromatic N) is 2. The van der Waals surface area contributed by atoms with E-state index in [9.17, 15) is 31.9 Å². The molecule has 0 radical (unpaired) electrons. The van der Waals surface area contributed by atoms with Gasteiger partial charge in [-0.15, -0.1) is 13.2 Å². The summed E-state index contributed by atoms with van der Waals surface area (Å²) < 4.78 is 84.6. The number of halogens is 5. The molecule has 0 amide bonds. The van der Waals surface area contributed by atoms with Crippen molar-refractivity contribution < 1.29 is 45.8 Å². The zero-order valence-corrected chi connectivity index (χ0v) is 23.8. The molecule has 2 N–H and O–H groups in total. The summed E-state index contributed by atoms with van der Waals surface area (Å²) >= 11 is 1.08. The molecule has 8 nitrogen and oxygen atoms in total. The quantitative estimate of drug-likeness (QED) is 0.179. The predicted octanol–water partition coefficient (Wildman–Crippen LogP) is 7.89. The van der Waals surface area contributed by atoms with E-state index >= 15 is 0 Å². The van der Waals surface area contributed by atoms with Gasteiger partial charge in [0.2, 0.25) is 0 Å². The van der Waals surface area contributed by atoms with Gasteiger partial charge in [0.25, 0.3) is 0 Å². The summed E-state index contributed by atoms with van der Waals surface area (Å²) in [6.45, 7) is 0.127. The van der Waals surface area contributed by atoms with E-state index in [2.05, 4.69) is 20.2 Å². The number of alkyl halides is 3. The van der Waals surface area contributed by atoms with Gasteiger partial charge in [-0.1, -0.05) is 28.6 Å². The molecule has 2 aromatic carbocycles. The second-order valence-corrected chi connectivity index (χ2v) is 12.6. The molecule has 2 heterocycles. The summed E-state index contributed by atoms with van der Waals surface area (Å²) in [5, 5.41) is 17.1. The highest BCUT2D eigenvalue weighted by Gasteiger charge is 2.44. The first-order valence-corrected chi connectivity index (χ1v) is 15.1. The lowest BCUT2D eigenvalue weighted by Gasteiger charge is -2.35. The zero-order valence-electron chi connectivity index (χ0n) is 23.0. The molecule has 14 heteroatoms. The van der Waals surface area contributed by atoms with Crippen LogP contribution in [0.25, 0.3) is 21.5 Å². The van der Waals surface area contributed by atoms with Gasteiger partial charge in [0.1, 0.15) is 22.7 Å². The highest BCUT2D eigenvalue weighted by molar-refractivity contribution is 7.22. The minimum atomic E-state index is -4.86. The Balaban J connectivity index is 1.06. The summed E-state index contributed by atoms with van der Waals surface area (Å²) in [5.74, 6) is -3.42. The van der Waals surface area contributed by atoms with Crippen LogP contribution in [0.3, 0.4) is 0 Å². The van der Waals surface area contributed by atoms with E-state index in [-0.39, 0.29) is 63.7 Å². The van der Waals surface area contributed by atoms with Gasteiger partial charge < -0.3 is 24.4 Å². The average Bonchev–Trinajstić information content (AvgIpc) is 3.53. The fourth-order valence-corrected chi connectivity index (χ4v) is 7.57. The fraction of sp³-hybridized carbons (Fsp3) is 0.433. The van der Waals surface area contributed by atoms with Gasteiger partial charge >= 0.3 is 12.3 Å². The Hall–Kier alpha value is -3.78. The fourth-order valence-electron chi connectivity index (χ4n) is 6.62. The average molecular weight is 636 g/mol. The van der Waals surface area contributed by atoms with Crippen LogP contribution in [0, 0.1) is 23.5 Å². The molecular formula is C30H26F5N3O5S. The summed E-state index contributed by atoms with van der Waals surface area (Å²) in [6, 6.07) is 6.96. The molecule has 3 fully saturated rings. The predicted molar refractivity (Wildman–Crippen MR) is 149 cm³/mol. The molecule has 2 aromatic heterocycles. The normalized spacial score (nSPS) is 23.3. The number of anilines is 1. The topological polar surface area (TPSA) is 107 Å². The minimum Gasteiger partial charge on any atom is -0.478 e. The molecule has 0 saturated heterocycles. The van der Waals surface area contributed by atoms with Crippen molar-refractivity contribution in [3.8, 4) is 17.0 Å². The van der Waals surface area contributed by atoms with E-state index in [0.717, 1.165) is 55.9 Å². The lowest BCUT2D eigenvalue weighted by Crippen LogP contribution is -2.39. The molecule has 0 aliphatic heterocycles. The molecule has 232 valence electrons. The van der Waals surface area contributed by atoms with Crippen LogP contribution in [0.15, 0.2) is 34.9 Å². The Bertz CT molecular complexity index is 1720. The zero-order chi connectivity index (χ0) is 30.7. The Morgan fingerprint density at radius 1 is 1.09 bits per heavy atom. The molecule has 3 saturated carbocycles. The van der Waals surface area contributed by atoms with Gasteiger partial charge in [-0.3, -0.25) is 0 Å². The second kappa shape index (κ2) is 11.0. The molecule has 7 rings (SSSR count). The second-order valence-electron chi connectivity index (χ2n) is 11.6. The lowest BCUT2D eigenvalue weighted by molar-refractivity contribution is -0.274. The van der Waals surface area contributed by atoms with Gasteiger partial charge in [-0.2, -0.15) is 0 Å². The number of rotatable bonds is 9. The molecular weight excluding hydrogens is 609 g/mol. The lowest BCUT2D eigenvalue weighted by atomic mass is 9.82. The number of ether oxygens (including phenoxy) is 2. The largest absolute Gasteiger partial charge is 0.573 e. The molecule has 0 spiro atoms. The monoisotopic (exact) mass is 635 g/mol. The van der Waals surface area contributed by atoms with Crippen LogP contribution < -0.4 is 10.1 Å². The third-order valence-corrected chi connectivity index (χ3v) is 9.67. The minimum absolute atomic E-state index is 0.0295. The molecule has 44 heavy (non-hydrogen) atoms. The number of fused-ring (bicyclic) bond motifs is 3. The van der Waals surface area contributed by atoms with Gasteiger partial charge in [-0.25, -0.2) is 18.6 Å². The third kappa shape index (κ3) is 5.49. The number of hydrogen-bond donors (Lipinski definition) is 2. The van der Waals surface area contributed by atoms with Crippen molar-refractivity contribution in [2.24, 2.45) is 11.8 Å². The maximum atomic E-state index is 14.5. The first kappa shape index (κ1) is 29.0. The van der Waals surface area contributed by atoms with Crippen molar-refractivity contribution in [1.82, 2.24) is 10.1 Å². The Morgan fingerprint density at radius 2 is 1.82 bits per heavy atom. The van der Waals surface area contributed by atoms with Crippen LogP contribution >= 0.6 is 11.3 Å². The van der Waals surface area contributed by atoms with Crippen LogP contribution in [0.2, 0.25) is 0 Å². The van der Waals surface area contributed by atoms with E-state index in [1.54, 1.807) is 6.07 Å². The van der Waals surface area contributed by atoms with Gasteiger partial charge in [0.05, 0.1) is 23.0 Å². The number of hydrogen-bond acceptors (Lipinski definition) is 8. The number of thiazole rings is 1. The molecule has 4 aromatic rings. The van der Waals surface area contributed by atoms with Gasteiger partial charge in [0.15, 0.2) is 16.8 Å². The summed E-state index contributed by atoms with van der Waals surface area (Å²) in [5.41, 5.74) is 0.135.